The van der Waals surface area contributed by atoms with Gasteiger partial charge in [-0.1, -0.05) is 115 Å². The molecule has 5 heterocycles. The molecule has 0 atom stereocenters. The van der Waals surface area contributed by atoms with E-state index in [0.29, 0.717) is 0 Å². The second kappa shape index (κ2) is 10.8. The van der Waals surface area contributed by atoms with Crippen LogP contribution in [0, 0.1) is 0 Å². The van der Waals surface area contributed by atoms with Gasteiger partial charge in [-0.3, -0.25) is 8.97 Å². The van der Waals surface area contributed by atoms with Crippen molar-refractivity contribution in [3.05, 3.63) is 204 Å². The van der Waals surface area contributed by atoms with Crippen LogP contribution in [0.3, 0.4) is 0 Å². The van der Waals surface area contributed by atoms with Crippen molar-refractivity contribution in [2.24, 2.45) is 0 Å². The highest BCUT2D eigenvalue weighted by atomic mass is 16.5. The average Bonchev–Trinajstić information content (AvgIpc) is 3.90. The Kier molecular flexibility index (Phi) is 5.74. The van der Waals surface area contributed by atoms with Crippen molar-refractivity contribution in [1.29, 1.82) is 0 Å². The average molecular weight is 719 g/mol. The van der Waals surface area contributed by atoms with Crippen LogP contribution < -0.4 is 9.47 Å². The van der Waals surface area contributed by atoms with Crippen molar-refractivity contribution in [3.63, 3.8) is 0 Å². The number of nitrogens with zero attached hydrogens (tertiary/aromatic N) is 4. The van der Waals surface area contributed by atoms with Gasteiger partial charge in [0.25, 0.3) is 0 Å². The summed E-state index contributed by atoms with van der Waals surface area (Å²) in [6.45, 7) is 0. The Morgan fingerprint density at radius 1 is 0.393 bits per heavy atom. The van der Waals surface area contributed by atoms with E-state index in [1.165, 1.54) is 0 Å². The lowest BCUT2D eigenvalue weighted by molar-refractivity contribution is 0.398. The van der Waals surface area contributed by atoms with E-state index in [1.807, 2.05) is 12.1 Å². The van der Waals surface area contributed by atoms with E-state index >= 15 is 0 Å². The lowest BCUT2D eigenvalue weighted by atomic mass is 9.62. The molecule has 6 nitrogen and oxygen atoms in total. The minimum atomic E-state index is -0.687. The fraction of sp³-hybridized carbons (Fsp3) is 0.0200. The fourth-order valence-electron chi connectivity index (χ4n) is 9.83. The minimum Gasteiger partial charge on any atom is -0.457 e. The summed E-state index contributed by atoms with van der Waals surface area (Å²) in [6.07, 6.45) is 0. The Hall–Kier alpha value is -7.57. The quantitative estimate of drug-likeness (QED) is 0.179. The van der Waals surface area contributed by atoms with Gasteiger partial charge >= 0.3 is 0 Å². The van der Waals surface area contributed by atoms with E-state index in [1.54, 1.807) is 0 Å². The Labute approximate surface area is 320 Å². The first-order chi connectivity index (χ1) is 27.8. The van der Waals surface area contributed by atoms with Crippen molar-refractivity contribution in [1.82, 2.24) is 18.5 Å². The molecule has 0 unspecified atom stereocenters. The van der Waals surface area contributed by atoms with E-state index in [0.717, 1.165) is 106 Å². The SMILES string of the molecule is c1ccc2c(c1)Oc1ccccc1C21c2ccccc2Oc2c(-n3c4ccccc4c4c(-n5c6ccccc6n6c7ccccc7nc56)cccc43)cccc21. The van der Waals surface area contributed by atoms with Crippen LogP contribution >= 0.6 is 0 Å². The van der Waals surface area contributed by atoms with Crippen LogP contribution in [0.4, 0.5) is 0 Å². The maximum atomic E-state index is 7.16. The van der Waals surface area contributed by atoms with Gasteiger partial charge in [0.2, 0.25) is 5.78 Å². The number of fused-ring (bicyclic) bond motifs is 16. The number of hydrogen-bond donors (Lipinski definition) is 0. The predicted octanol–water partition coefficient (Wildman–Crippen LogP) is 12.1. The molecule has 56 heavy (non-hydrogen) atoms. The van der Waals surface area contributed by atoms with E-state index in [2.05, 4.69) is 183 Å². The number of hydrogen-bond acceptors (Lipinski definition) is 3. The molecule has 0 bridgehead atoms. The molecule has 2 aliphatic heterocycles. The molecule has 1 spiro atoms. The molecule has 0 N–H and O–H groups in total. The summed E-state index contributed by atoms with van der Waals surface area (Å²) >= 11 is 0. The first-order valence-electron chi connectivity index (χ1n) is 19.0. The van der Waals surface area contributed by atoms with Gasteiger partial charge in [0.05, 0.1) is 49.9 Å². The van der Waals surface area contributed by atoms with Crippen LogP contribution in [-0.4, -0.2) is 18.5 Å². The highest BCUT2D eigenvalue weighted by Gasteiger charge is 2.51. The van der Waals surface area contributed by atoms with Gasteiger partial charge in [0.1, 0.15) is 17.2 Å². The summed E-state index contributed by atoms with van der Waals surface area (Å²) in [4.78, 5) is 5.23. The first kappa shape index (κ1) is 29.8. The molecule has 2 aliphatic rings. The fourth-order valence-corrected chi connectivity index (χ4v) is 9.83. The topological polar surface area (TPSA) is 45.6 Å². The van der Waals surface area contributed by atoms with Crippen LogP contribution in [0.25, 0.3) is 61.0 Å². The molecule has 0 saturated carbocycles. The van der Waals surface area contributed by atoms with Crippen molar-refractivity contribution >= 4 is 49.7 Å². The van der Waals surface area contributed by atoms with Crippen LogP contribution in [0.2, 0.25) is 0 Å². The Morgan fingerprint density at radius 3 is 1.68 bits per heavy atom. The van der Waals surface area contributed by atoms with Gasteiger partial charge in [-0.2, -0.15) is 0 Å². The molecule has 0 aliphatic carbocycles. The zero-order valence-corrected chi connectivity index (χ0v) is 29.9. The summed E-state index contributed by atoms with van der Waals surface area (Å²) in [5, 5.41) is 2.29. The highest BCUT2D eigenvalue weighted by molar-refractivity contribution is 6.14. The van der Waals surface area contributed by atoms with Gasteiger partial charge < -0.3 is 14.0 Å². The summed E-state index contributed by atoms with van der Waals surface area (Å²) in [5.74, 6) is 4.22. The zero-order valence-electron chi connectivity index (χ0n) is 29.9. The third-order valence-corrected chi connectivity index (χ3v) is 12.0. The monoisotopic (exact) mass is 718 g/mol. The molecular weight excluding hydrogens is 689 g/mol. The molecular formula is C50H30N4O2. The second-order valence-electron chi connectivity index (χ2n) is 14.7. The maximum Gasteiger partial charge on any atom is 0.220 e. The van der Waals surface area contributed by atoms with E-state index in [-0.39, 0.29) is 0 Å². The van der Waals surface area contributed by atoms with Crippen molar-refractivity contribution in [2.75, 3.05) is 0 Å². The van der Waals surface area contributed by atoms with E-state index in [4.69, 9.17) is 14.5 Å². The van der Waals surface area contributed by atoms with E-state index in [9.17, 15) is 0 Å². The Balaban J connectivity index is 1.15. The largest absolute Gasteiger partial charge is 0.457 e. The molecule has 11 aromatic rings. The summed E-state index contributed by atoms with van der Waals surface area (Å²) in [6, 6.07) is 64.3. The van der Waals surface area contributed by atoms with Crippen molar-refractivity contribution in [2.45, 2.75) is 5.41 Å². The molecule has 0 saturated heterocycles. The molecule has 3 aromatic heterocycles. The smallest absolute Gasteiger partial charge is 0.220 e. The van der Waals surface area contributed by atoms with Crippen molar-refractivity contribution < 1.29 is 9.47 Å². The molecule has 0 amide bonds. The van der Waals surface area contributed by atoms with Crippen LogP contribution in [0.1, 0.15) is 22.3 Å². The number of benzene rings is 8. The van der Waals surface area contributed by atoms with Gasteiger partial charge in [-0.25, -0.2) is 4.98 Å². The normalized spacial score (nSPS) is 13.8. The maximum absolute atomic E-state index is 7.16. The molecule has 6 heteroatoms. The van der Waals surface area contributed by atoms with Gasteiger partial charge in [0.15, 0.2) is 5.75 Å². The summed E-state index contributed by atoms with van der Waals surface area (Å²) < 4.78 is 20.8. The lowest BCUT2D eigenvalue weighted by Crippen LogP contribution is -2.37. The molecule has 262 valence electrons. The third kappa shape index (κ3) is 3.63. The van der Waals surface area contributed by atoms with Gasteiger partial charge in [0, 0.05) is 33.0 Å². The number of para-hydroxylation sites is 9. The van der Waals surface area contributed by atoms with Gasteiger partial charge in [-0.15, -0.1) is 0 Å². The first-order valence-corrected chi connectivity index (χ1v) is 19.0. The predicted molar refractivity (Wildman–Crippen MR) is 222 cm³/mol. The number of aromatic nitrogens is 4. The summed E-state index contributed by atoms with van der Waals surface area (Å²) in [7, 11) is 0. The number of ether oxygens (including phenoxy) is 2. The Bertz CT molecular complexity index is 3390. The summed E-state index contributed by atoms with van der Waals surface area (Å²) in [5.41, 5.74) is 12.1. The minimum absolute atomic E-state index is 0.687. The highest BCUT2D eigenvalue weighted by Crippen LogP contribution is 2.62. The van der Waals surface area contributed by atoms with Crippen LogP contribution in [-0.2, 0) is 5.41 Å². The van der Waals surface area contributed by atoms with Crippen LogP contribution in [0.15, 0.2) is 182 Å². The molecule has 0 fully saturated rings. The zero-order chi connectivity index (χ0) is 36.5. The van der Waals surface area contributed by atoms with Crippen LogP contribution in [0.5, 0.6) is 23.0 Å². The van der Waals surface area contributed by atoms with Crippen molar-refractivity contribution in [3.8, 4) is 34.4 Å². The lowest BCUT2D eigenvalue weighted by Gasteiger charge is -2.45. The molecule has 13 rings (SSSR count). The Morgan fingerprint density at radius 2 is 0.929 bits per heavy atom. The number of imidazole rings is 2. The molecule has 0 radical (unpaired) electrons. The third-order valence-electron chi connectivity index (χ3n) is 12.0. The van der Waals surface area contributed by atoms with Gasteiger partial charge in [-0.05, 0) is 66.7 Å². The number of rotatable bonds is 2. The molecule has 8 aromatic carbocycles. The standard InChI is InChI=1S/C50H30N4O2/c1-6-21-37-31(15-1)47-41(25-14-26-42(47)54-40-24-9-8-23-39(40)53-38-22-7-5-20-36(38)51-49(53)54)52(37)43-27-13-19-35-48(43)56-46-30-12-4-18-34(46)50(35)32-16-2-10-28-44(32)55-45-29-11-3-17-33(45)50/h1-30H. The second-order valence-corrected chi connectivity index (χ2v) is 14.7. The van der Waals surface area contributed by atoms with E-state index < -0.39 is 5.41 Å².